The summed E-state index contributed by atoms with van der Waals surface area (Å²) < 4.78 is 0. The molecule has 0 saturated carbocycles. The van der Waals surface area contributed by atoms with Gasteiger partial charge in [-0.2, -0.15) is 0 Å². The monoisotopic (exact) mass is 267 g/mol. The third kappa shape index (κ3) is 3.08. The summed E-state index contributed by atoms with van der Waals surface area (Å²) in [4.78, 5) is 27.8. The van der Waals surface area contributed by atoms with Gasteiger partial charge in [0.15, 0.2) is 0 Å². The van der Waals surface area contributed by atoms with Crippen molar-refractivity contribution in [1.82, 2.24) is 15.1 Å². The van der Waals surface area contributed by atoms with E-state index in [0.29, 0.717) is 12.6 Å². The van der Waals surface area contributed by atoms with E-state index in [1.165, 1.54) is 0 Å². The van der Waals surface area contributed by atoms with Gasteiger partial charge in [0.25, 0.3) is 0 Å². The van der Waals surface area contributed by atoms with E-state index in [2.05, 4.69) is 12.2 Å². The molecule has 0 aromatic carbocycles. The summed E-state index contributed by atoms with van der Waals surface area (Å²) in [5.74, 6) is 0.289. The number of hydrogen-bond acceptors (Lipinski definition) is 3. The standard InChI is InChI=1S/C14H25N3O2/c1-3-11(15-2)6-4-8-16-10-13(18)17-9-5-7-12(17)14(16)19/h11-12,15H,3-10H2,1-2H3. The maximum absolute atomic E-state index is 12.3. The van der Waals surface area contributed by atoms with E-state index in [1.807, 2.05) is 7.05 Å². The first-order valence-electron chi connectivity index (χ1n) is 7.43. The second-order valence-electron chi connectivity index (χ2n) is 5.54. The average Bonchev–Trinajstić information content (AvgIpc) is 2.90. The zero-order chi connectivity index (χ0) is 13.8. The molecule has 0 aliphatic carbocycles. The lowest BCUT2D eigenvalue weighted by molar-refractivity contribution is -0.153. The first-order valence-corrected chi connectivity index (χ1v) is 7.43. The van der Waals surface area contributed by atoms with E-state index in [1.54, 1.807) is 9.80 Å². The van der Waals surface area contributed by atoms with Gasteiger partial charge in [-0.15, -0.1) is 0 Å². The Bertz CT molecular complexity index is 342. The van der Waals surface area contributed by atoms with Crippen LogP contribution in [0.15, 0.2) is 0 Å². The van der Waals surface area contributed by atoms with Crippen molar-refractivity contribution in [2.75, 3.05) is 26.7 Å². The highest BCUT2D eigenvalue weighted by atomic mass is 16.2. The fraction of sp³-hybridized carbons (Fsp3) is 0.857. The van der Waals surface area contributed by atoms with E-state index < -0.39 is 0 Å². The van der Waals surface area contributed by atoms with Crippen molar-refractivity contribution in [3.63, 3.8) is 0 Å². The van der Waals surface area contributed by atoms with Crippen LogP contribution < -0.4 is 5.32 Å². The van der Waals surface area contributed by atoms with Crippen molar-refractivity contribution < 1.29 is 9.59 Å². The SMILES string of the molecule is CCC(CCCN1CC(=O)N2CCCC2C1=O)NC. The molecule has 19 heavy (non-hydrogen) atoms. The predicted octanol–water partition coefficient (Wildman–Crippen LogP) is 0.598. The highest BCUT2D eigenvalue weighted by Gasteiger charge is 2.41. The number of nitrogens with one attached hydrogen (secondary N) is 1. The maximum Gasteiger partial charge on any atom is 0.245 e. The fourth-order valence-electron chi connectivity index (χ4n) is 3.14. The third-order valence-corrected chi connectivity index (χ3v) is 4.38. The number of rotatable bonds is 6. The third-order valence-electron chi connectivity index (χ3n) is 4.38. The van der Waals surface area contributed by atoms with Gasteiger partial charge < -0.3 is 15.1 Å². The van der Waals surface area contributed by atoms with Crippen LogP contribution in [0.25, 0.3) is 0 Å². The van der Waals surface area contributed by atoms with E-state index in [9.17, 15) is 9.59 Å². The van der Waals surface area contributed by atoms with Crippen molar-refractivity contribution in [2.24, 2.45) is 0 Å². The molecule has 2 fully saturated rings. The van der Waals surface area contributed by atoms with E-state index in [4.69, 9.17) is 0 Å². The highest BCUT2D eigenvalue weighted by Crippen LogP contribution is 2.23. The normalized spacial score (nSPS) is 24.8. The molecule has 2 unspecified atom stereocenters. The molecule has 2 aliphatic rings. The molecule has 5 heteroatoms. The summed E-state index contributed by atoms with van der Waals surface area (Å²) in [5, 5.41) is 3.27. The van der Waals surface area contributed by atoms with Gasteiger partial charge in [0.05, 0.1) is 6.54 Å². The maximum atomic E-state index is 12.3. The molecule has 5 nitrogen and oxygen atoms in total. The molecule has 1 N–H and O–H groups in total. The molecule has 0 spiro atoms. The van der Waals surface area contributed by atoms with Crippen LogP contribution in [0.2, 0.25) is 0 Å². The summed E-state index contributed by atoms with van der Waals surface area (Å²) >= 11 is 0. The molecule has 2 aliphatic heterocycles. The lowest BCUT2D eigenvalue weighted by Crippen LogP contribution is -2.57. The van der Waals surface area contributed by atoms with Crippen LogP contribution >= 0.6 is 0 Å². The van der Waals surface area contributed by atoms with Crippen LogP contribution in [0.3, 0.4) is 0 Å². The van der Waals surface area contributed by atoms with Crippen LogP contribution in [0.5, 0.6) is 0 Å². The van der Waals surface area contributed by atoms with E-state index in [-0.39, 0.29) is 24.4 Å². The van der Waals surface area contributed by atoms with Gasteiger partial charge in [-0.1, -0.05) is 6.92 Å². The number of nitrogens with zero attached hydrogens (tertiary/aromatic N) is 2. The minimum atomic E-state index is -0.160. The van der Waals surface area contributed by atoms with Gasteiger partial charge in [0.1, 0.15) is 6.04 Å². The van der Waals surface area contributed by atoms with Crippen LogP contribution in [-0.4, -0.2) is 60.4 Å². The highest BCUT2D eigenvalue weighted by molar-refractivity contribution is 5.95. The zero-order valence-corrected chi connectivity index (χ0v) is 12.0. The molecule has 108 valence electrons. The number of carbonyl (C=O) groups excluding carboxylic acids is 2. The number of piperazine rings is 1. The number of carbonyl (C=O) groups is 2. The molecule has 2 saturated heterocycles. The minimum absolute atomic E-state index is 0.128. The van der Waals surface area contributed by atoms with Crippen molar-refractivity contribution >= 4 is 11.8 Å². The second-order valence-corrected chi connectivity index (χ2v) is 5.54. The lowest BCUT2D eigenvalue weighted by atomic mass is 10.1. The van der Waals surface area contributed by atoms with Gasteiger partial charge in [0.2, 0.25) is 11.8 Å². The van der Waals surface area contributed by atoms with Gasteiger partial charge >= 0.3 is 0 Å². The number of hydrogen-bond donors (Lipinski definition) is 1. The van der Waals surface area contributed by atoms with Gasteiger partial charge in [0, 0.05) is 19.1 Å². The first-order chi connectivity index (χ1) is 9.17. The molecule has 2 amide bonds. The van der Waals surface area contributed by atoms with Crippen molar-refractivity contribution in [2.45, 2.75) is 51.1 Å². The summed E-state index contributed by atoms with van der Waals surface area (Å²) in [7, 11) is 1.97. The Morgan fingerprint density at radius 1 is 1.42 bits per heavy atom. The van der Waals surface area contributed by atoms with Gasteiger partial charge in [-0.25, -0.2) is 0 Å². The molecule has 2 atom stereocenters. The molecule has 2 rings (SSSR count). The zero-order valence-electron chi connectivity index (χ0n) is 12.0. The quantitative estimate of drug-likeness (QED) is 0.766. The summed E-state index contributed by atoms with van der Waals surface area (Å²) in [6.07, 6.45) is 4.92. The van der Waals surface area contributed by atoms with Crippen LogP contribution in [0, 0.1) is 0 Å². The largest absolute Gasteiger partial charge is 0.332 e. The average molecular weight is 267 g/mol. The van der Waals surface area contributed by atoms with Crippen LogP contribution in [0.1, 0.15) is 39.0 Å². The fourth-order valence-corrected chi connectivity index (χ4v) is 3.14. The van der Waals surface area contributed by atoms with Crippen LogP contribution in [0.4, 0.5) is 0 Å². The summed E-state index contributed by atoms with van der Waals surface area (Å²) in [6, 6.07) is 0.353. The van der Waals surface area contributed by atoms with E-state index in [0.717, 1.165) is 38.6 Å². The summed E-state index contributed by atoms with van der Waals surface area (Å²) in [5.41, 5.74) is 0. The van der Waals surface area contributed by atoms with Crippen LogP contribution in [-0.2, 0) is 9.59 Å². The molecule has 0 bridgehead atoms. The molecular formula is C14H25N3O2. The van der Waals surface area contributed by atoms with Crippen molar-refractivity contribution in [3.8, 4) is 0 Å². The van der Waals surface area contributed by atoms with Crippen molar-refractivity contribution in [3.05, 3.63) is 0 Å². The topological polar surface area (TPSA) is 52.7 Å². The Hall–Kier alpha value is -1.10. The first kappa shape index (κ1) is 14.3. The van der Waals surface area contributed by atoms with Gasteiger partial charge in [-0.05, 0) is 39.2 Å². The smallest absolute Gasteiger partial charge is 0.245 e. The minimum Gasteiger partial charge on any atom is -0.332 e. The van der Waals surface area contributed by atoms with E-state index >= 15 is 0 Å². The molecule has 2 heterocycles. The molecule has 0 radical (unpaired) electrons. The summed E-state index contributed by atoms with van der Waals surface area (Å²) in [6.45, 7) is 3.92. The Kier molecular flexibility index (Phi) is 4.80. The Morgan fingerprint density at radius 2 is 2.21 bits per heavy atom. The lowest BCUT2D eigenvalue weighted by Gasteiger charge is -2.36. The van der Waals surface area contributed by atoms with Crippen molar-refractivity contribution in [1.29, 1.82) is 0 Å². The predicted molar refractivity (Wildman–Crippen MR) is 73.7 cm³/mol. The number of amides is 2. The molecule has 0 aromatic rings. The molecule has 0 aromatic heterocycles. The van der Waals surface area contributed by atoms with Gasteiger partial charge in [-0.3, -0.25) is 9.59 Å². The Labute approximate surface area is 115 Å². The Balaban J connectivity index is 1.83. The second kappa shape index (κ2) is 6.37. The Morgan fingerprint density at radius 3 is 2.89 bits per heavy atom. The number of fused-ring (bicyclic) bond motifs is 1. The molecular weight excluding hydrogens is 242 g/mol.